The van der Waals surface area contributed by atoms with E-state index in [0.717, 1.165) is 51.0 Å². The molecule has 0 bridgehead atoms. The normalized spacial score (nSPS) is 11.1. The van der Waals surface area contributed by atoms with Gasteiger partial charge in [0, 0.05) is 18.3 Å². The Bertz CT molecular complexity index is 489. The van der Waals surface area contributed by atoms with Gasteiger partial charge in [-0.1, -0.05) is 13.8 Å². The number of amides is 1. The Hall–Kier alpha value is -1.79. The third-order valence-electron chi connectivity index (χ3n) is 3.83. The summed E-state index contributed by atoms with van der Waals surface area (Å²) in [5, 5.41) is 0. The van der Waals surface area contributed by atoms with Crippen LogP contribution in [0.15, 0.2) is 18.3 Å². The molecule has 128 valence electrons. The summed E-state index contributed by atoms with van der Waals surface area (Å²) >= 11 is 0. The number of nitrogens with zero attached hydrogens (tertiary/aromatic N) is 3. The van der Waals surface area contributed by atoms with Crippen molar-refractivity contribution in [2.45, 2.75) is 33.2 Å². The molecule has 0 spiro atoms. The lowest BCUT2D eigenvalue weighted by molar-refractivity contribution is -0.119. The van der Waals surface area contributed by atoms with Crippen molar-refractivity contribution in [3.63, 3.8) is 0 Å². The average Bonchev–Trinajstić information content (AvgIpc) is 2.54. The zero-order valence-corrected chi connectivity index (χ0v) is 14.2. The van der Waals surface area contributed by atoms with Crippen molar-refractivity contribution in [1.29, 1.82) is 0 Å². The van der Waals surface area contributed by atoms with E-state index in [-0.39, 0.29) is 12.5 Å². The number of rotatable bonds is 12. The minimum absolute atomic E-state index is 0.207. The minimum atomic E-state index is -0.347. The number of unbranched alkanes of at least 4 members (excludes halogenated alkanes) is 1. The number of primary amides is 1. The lowest BCUT2D eigenvalue weighted by atomic mass is 10.2. The zero-order valence-electron chi connectivity index (χ0n) is 14.2. The smallest absolute Gasteiger partial charge is 0.231 e. The number of hydrogen-bond donors (Lipinski definition) is 1. The largest absolute Gasteiger partial charge is 0.369 e. The number of nitrogens with two attached hydrogens (primary N) is 1. The Morgan fingerprint density at radius 2 is 1.87 bits per heavy atom. The van der Waals surface area contributed by atoms with Crippen LogP contribution in [0, 0.1) is 0 Å². The monoisotopic (exact) mass is 320 g/mol. The van der Waals surface area contributed by atoms with Gasteiger partial charge in [0.1, 0.15) is 6.29 Å². The molecule has 0 aliphatic rings. The van der Waals surface area contributed by atoms with Gasteiger partial charge in [-0.25, -0.2) is 0 Å². The summed E-state index contributed by atoms with van der Waals surface area (Å²) in [6, 6.07) is 3.41. The summed E-state index contributed by atoms with van der Waals surface area (Å²) in [7, 11) is 0. The van der Waals surface area contributed by atoms with Crippen LogP contribution in [-0.2, 0) is 11.3 Å². The van der Waals surface area contributed by atoms with Crippen LogP contribution in [0.25, 0.3) is 0 Å². The van der Waals surface area contributed by atoms with E-state index in [4.69, 9.17) is 5.73 Å². The van der Waals surface area contributed by atoms with Crippen LogP contribution in [0.1, 0.15) is 42.7 Å². The Morgan fingerprint density at radius 3 is 2.43 bits per heavy atom. The molecule has 0 aromatic carbocycles. The molecule has 6 heteroatoms. The van der Waals surface area contributed by atoms with Crippen molar-refractivity contribution >= 4 is 12.2 Å². The Morgan fingerprint density at radius 1 is 1.22 bits per heavy atom. The van der Waals surface area contributed by atoms with Gasteiger partial charge < -0.3 is 10.6 Å². The highest BCUT2D eigenvalue weighted by molar-refractivity contribution is 5.76. The van der Waals surface area contributed by atoms with Gasteiger partial charge in [-0.05, 0) is 51.2 Å². The van der Waals surface area contributed by atoms with Gasteiger partial charge in [0.15, 0.2) is 0 Å². The van der Waals surface area contributed by atoms with E-state index in [1.807, 2.05) is 4.90 Å². The first-order valence-electron chi connectivity index (χ1n) is 8.22. The fraction of sp³-hybridized carbons (Fsp3) is 0.588. The molecule has 0 saturated heterocycles. The van der Waals surface area contributed by atoms with Crippen LogP contribution in [0.3, 0.4) is 0 Å². The number of aldehydes is 1. The number of hydrogen-bond acceptors (Lipinski definition) is 5. The highest BCUT2D eigenvalue weighted by atomic mass is 16.1. The minimum Gasteiger partial charge on any atom is -0.369 e. The molecule has 0 fully saturated rings. The first-order chi connectivity index (χ1) is 11.1. The summed E-state index contributed by atoms with van der Waals surface area (Å²) in [4.78, 5) is 30.7. The van der Waals surface area contributed by atoms with Crippen molar-refractivity contribution < 1.29 is 9.59 Å². The van der Waals surface area contributed by atoms with E-state index < -0.39 is 0 Å². The molecule has 0 aliphatic heterocycles. The van der Waals surface area contributed by atoms with Gasteiger partial charge in [0.2, 0.25) is 5.91 Å². The predicted octanol–water partition coefficient (Wildman–Crippen LogP) is 1.30. The van der Waals surface area contributed by atoms with Crippen molar-refractivity contribution in [2.24, 2.45) is 5.73 Å². The Kier molecular flexibility index (Phi) is 9.09. The zero-order chi connectivity index (χ0) is 17.1. The number of carbonyl (C=O) groups is 2. The van der Waals surface area contributed by atoms with E-state index in [2.05, 4.69) is 23.7 Å². The first kappa shape index (κ1) is 19.3. The van der Waals surface area contributed by atoms with E-state index in [1.54, 1.807) is 18.3 Å². The van der Waals surface area contributed by atoms with Crippen molar-refractivity contribution in [1.82, 2.24) is 14.8 Å². The standard InChI is InChI=1S/C17H28N4O2/c1-3-20(4-2)9-5-6-10-21(13-17(18)23)12-16-11-15(14-22)7-8-19-16/h7-8,11,14H,3-6,9-10,12-13H2,1-2H3,(H2,18,23). The summed E-state index contributed by atoms with van der Waals surface area (Å²) < 4.78 is 0. The molecule has 0 saturated carbocycles. The van der Waals surface area contributed by atoms with Gasteiger partial charge in [-0.3, -0.25) is 19.5 Å². The summed E-state index contributed by atoms with van der Waals surface area (Å²) in [5.74, 6) is -0.347. The van der Waals surface area contributed by atoms with Gasteiger partial charge in [0.25, 0.3) is 0 Å². The molecule has 1 rings (SSSR count). The molecule has 2 N–H and O–H groups in total. The molecule has 1 aromatic heterocycles. The van der Waals surface area contributed by atoms with E-state index in [9.17, 15) is 9.59 Å². The third-order valence-corrected chi connectivity index (χ3v) is 3.83. The first-order valence-corrected chi connectivity index (χ1v) is 8.22. The predicted molar refractivity (Wildman–Crippen MR) is 91.1 cm³/mol. The second kappa shape index (κ2) is 10.9. The molecule has 0 radical (unpaired) electrons. The van der Waals surface area contributed by atoms with Crippen LogP contribution in [-0.4, -0.2) is 59.7 Å². The molecule has 1 aromatic rings. The number of aromatic nitrogens is 1. The fourth-order valence-corrected chi connectivity index (χ4v) is 2.53. The van der Waals surface area contributed by atoms with Gasteiger partial charge in [-0.15, -0.1) is 0 Å². The van der Waals surface area contributed by atoms with Gasteiger partial charge >= 0.3 is 0 Å². The molecule has 23 heavy (non-hydrogen) atoms. The molecule has 0 aliphatic carbocycles. The highest BCUT2D eigenvalue weighted by Crippen LogP contribution is 2.06. The summed E-state index contributed by atoms with van der Waals surface area (Å²) in [5.41, 5.74) is 6.70. The molecule has 0 unspecified atom stereocenters. The van der Waals surface area contributed by atoms with Crippen molar-refractivity contribution in [2.75, 3.05) is 32.7 Å². The van der Waals surface area contributed by atoms with Gasteiger partial charge in [-0.2, -0.15) is 0 Å². The quantitative estimate of drug-likeness (QED) is 0.464. The van der Waals surface area contributed by atoms with Crippen molar-refractivity contribution in [3.05, 3.63) is 29.6 Å². The van der Waals surface area contributed by atoms with Crippen LogP contribution < -0.4 is 5.73 Å². The SMILES string of the molecule is CCN(CC)CCCCN(CC(N)=O)Cc1cc(C=O)ccn1. The Labute approximate surface area is 138 Å². The molecular formula is C17H28N4O2. The number of carbonyl (C=O) groups excluding carboxylic acids is 2. The molecule has 1 heterocycles. The second-order valence-corrected chi connectivity index (χ2v) is 5.61. The van der Waals surface area contributed by atoms with Crippen LogP contribution in [0.5, 0.6) is 0 Å². The maximum atomic E-state index is 11.3. The summed E-state index contributed by atoms with van der Waals surface area (Å²) in [6.07, 6.45) is 4.49. The van der Waals surface area contributed by atoms with Crippen LogP contribution >= 0.6 is 0 Å². The Balaban J connectivity index is 2.51. The molecule has 0 atom stereocenters. The van der Waals surface area contributed by atoms with Crippen molar-refractivity contribution in [3.8, 4) is 0 Å². The molecular weight excluding hydrogens is 292 g/mol. The molecule has 1 amide bonds. The maximum Gasteiger partial charge on any atom is 0.231 e. The number of pyridine rings is 1. The summed E-state index contributed by atoms with van der Waals surface area (Å²) in [6.45, 7) is 9.03. The van der Waals surface area contributed by atoms with E-state index >= 15 is 0 Å². The van der Waals surface area contributed by atoms with Crippen LogP contribution in [0.4, 0.5) is 0 Å². The molecule has 6 nitrogen and oxygen atoms in total. The van der Waals surface area contributed by atoms with E-state index in [0.29, 0.717) is 12.1 Å². The highest BCUT2D eigenvalue weighted by Gasteiger charge is 2.10. The van der Waals surface area contributed by atoms with Crippen LogP contribution in [0.2, 0.25) is 0 Å². The topological polar surface area (TPSA) is 79.5 Å². The van der Waals surface area contributed by atoms with Gasteiger partial charge in [0.05, 0.1) is 12.2 Å². The lowest BCUT2D eigenvalue weighted by Crippen LogP contribution is -2.34. The maximum absolute atomic E-state index is 11.3. The second-order valence-electron chi connectivity index (χ2n) is 5.61. The third kappa shape index (κ3) is 7.85. The fourth-order valence-electron chi connectivity index (χ4n) is 2.53. The average molecular weight is 320 g/mol. The lowest BCUT2D eigenvalue weighted by Gasteiger charge is -2.22. The van der Waals surface area contributed by atoms with E-state index in [1.165, 1.54) is 0 Å².